The van der Waals surface area contributed by atoms with E-state index in [1.807, 2.05) is 121 Å². The molecular weight excluding hydrogens is 600 g/mol. The number of carbonyl (C=O) groups is 4. The van der Waals surface area contributed by atoms with Crippen molar-refractivity contribution in [2.45, 2.75) is 13.8 Å². The summed E-state index contributed by atoms with van der Waals surface area (Å²) < 4.78 is 0. The first kappa shape index (κ1) is 30.4. The third-order valence-electron chi connectivity index (χ3n) is 8.93. The van der Waals surface area contributed by atoms with E-state index in [1.165, 1.54) is 24.3 Å². The minimum Gasteiger partial charge on any atom is -0.341 e. The van der Waals surface area contributed by atoms with Crippen LogP contribution in [0.3, 0.4) is 0 Å². The molecule has 0 fully saturated rings. The van der Waals surface area contributed by atoms with Crippen molar-refractivity contribution >= 4 is 68.6 Å². The van der Waals surface area contributed by atoms with E-state index >= 15 is 0 Å². The molecule has 4 aliphatic rings. The Bertz CT molecular complexity index is 1940. The van der Waals surface area contributed by atoms with Gasteiger partial charge in [0.25, 0.3) is 0 Å². The molecule has 0 unspecified atom stereocenters. The van der Waals surface area contributed by atoms with Crippen molar-refractivity contribution in [3.8, 4) is 0 Å². The Kier molecular flexibility index (Phi) is 7.48. The molecule has 0 aromatic heterocycles. The first-order valence-corrected chi connectivity index (χ1v) is 15.6. The number of anilines is 8. The van der Waals surface area contributed by atoms with Crippen LogP contribution < -0.4 is 19.6 Å². The van der Waals surface area contributed by atoms with Crippen molar-refractivity contribution in [1.82, 2.24) is 0 Å². The second kappa shape index (κ2) is 11.8. The van der Waals surface area contributed by atoms with Crippen LogP contribution in [-0.4, -0.2) is 37.2 Å². The van der Waals surface area contributed by atoms with Gasteiger partial charge in [-0.1, -0.05) is 48.5 Å². The SMILES string of the molecule is CC1=CC(=O)C(N2c3ccccc3N(C)c3ccccc32)=CC1=O.CC1=CC(=O)C(N2c3ccccc3N(C)c3ccccc32)=CC1=O. The number of fused-ring (bicyclic) bond motifs is 4. The average molecular weight is 633 g/mol. The largest absolute Gasteiger partial charge is 0.341 e. The molecule has 2 heterocycles. The second-order valence-corrected chi connectivity index (χ2v) is 11.9. The van der Waals surface area contributed by atoms with Gasteiger partial charge < -0.3 is 19.6 Å². The third kappa shape index (κ3) is 4.95. The molecule has 236 valence electrons. The molecule has 8 nitrogen and oxygen atoms in total. The number of hydrogen-bond donors (Lipinski definition) is 0. The minimum atomic E-state index is -0.152. The van der Waals surface area contributed by atoms with E-state index in [1.54, 1.807) is 13.8 Å². The molecule has 0 radical (unpaired) electrons. The zero-order valence-corrected chi connectivity index (χ0v) is 27.0. The van der Waals surface area contributed by atoms with Gasteiger partial charge in [0, 0.05) is 37.4 Å². The first-order valence-electron chi connectivity index (χ1n) is 15.6. The lowest BCUT2D eigenvalue weighted by Gasteiger charge is -2.39. The van der Waals surface area contributed by atoms with Gasteiger partial charge in [0.05, 0.1) is 56.9 Å². The van der Waals surface area contributed by atoms with Gasteiger partial charge in [0.1, 0.15) is 0 Å². The Balaban J connectivity index is 0.000000152. The zero-order valence-electron chi connectivity index (χ0n) is 27.0. The molecule has 0 atom stereocenters. The van der Waals surface area contributed by atoms with Gasteiger partial charge in [-0.2, -0.15) is 0 Å². The number of ketones is 4. The van der Waals surface area contributed by atoms with Crippen LogP contribution in [0.1, 0.15) is 13.8 Å². The van der Waals surface area contributed by atoms with Gasteiger partial charge in [-0.25, -0.2) is 0 Å². The van der Waals surface area contributed by atoms with E-state index < -0.39 is 0 Å². The number of hydrogen-bond acceptors (Lipinski definition) is 8. The number of para-hydroxylation sites is 8. The highest BCUT2D eigenvalue weighted by Gasteiger charge is 2.34. The van der Waals surface area contributed by atoms with Crippen LogP contribution in [0.2, 0.25) is 0 Å². The van der Waals surface area contributed by atoms with Crippen molar-refractivity contribution < 1.29 is 19.2 Å². The number of benzene rings is 4. The quantitative estimate of drug-likeness (QED) is 0.207. The number of carbonyl (C=O) groups excluding carboxylic acids is 4. The number of allylic oxidation sites excluding steroid dienone is 6. The van der Waals surface area contributed by atoms with Gasteiger partial charge in [-0.05, 0) is 74.5 Å². The van der Waals surface area contributed by atoms with Crippen molar-refractivity contribution in [3.05, 3.63) is 144 Å². The normalized spacial score (nSPS) is 16.4. The lowest BCUT2D eigenvalue weighted by atomic mass is 9.99. The summed E-state index contributed by atoms with van der Waals surface area (Å²) in [5.41, 5.74) is 9.23. The smallest absolute Gasteiger partial charge is 0.203 e. The van der Waals surface area contributed by atoms with Gasteiger partial charge in [0.2, 0.25) is 11.6 Å². The molecule has 4 aromatic rings. The van der Waals surface area contributed by atoms with Gasteiger partial charge in [-0.3, -0.25) is 19.2 Å². The highest BCUT2D eigenvalue weighted by Crippen LogP contribution is 2.50. The van der Waals surface area contributed by atoms with Crippen molar-refractivity contribution in [3.63, 3.8) is 0 Å². The van der Waals surface area contributed by atoms with Crippen molar-refractivity contribution in [2.24, 2.45) is 0 Å². The molecule has 4 aromatic carbocycles. The van der Waals surface area contributed by atoms with Crippen molar-refractivity contribution in [2.75, 3.05) is 33.7 Å². The Morgan fingerprint density at radius 3 is 0.875 bits per heavy atom. The summed E-state index contributed by atoms with van der Waals surface area (Å²) >= 11 is 0. The summed E-state index contributed by atoms with van der Waals surface area (Å²) in [4.78, 5) is 57.4. The summed E-state index contributed by atoms with van der Waals surface area (Å²) in [7, 11) is 4.00. The lowest BCUT2D eigenvalue weighted by Crippen LogP contribution is -2.31. The van der Waals surface area contributed by atoms with Crippen LogP contribution >= 0.6 is 0 Å². The van der Waals surface area contributed by atoms with E-state index in [9.17, 15) is 19.2 Å². The maximum absolute atomic E-state index is 12.6. The average Bonchev–Trinajstić information content (AvgIpc) is 3.10. The second-order valence-electron chi connectivity index (χ2n) is 11.9. The maximum atomic E-state index is 12.6. The molecule has 2 aliphatic carbocycles. The molecule has 0 N–H and O–H groups in total. The molecule has 2 aliphatic heterocycles. The van der Waals surface area contributed by atoms with Crippen LogP contribution in [0.4, 0.5) is 45.5 Å². The van der Waals surface area contributed by atoms with E-state index in [2.05, 4.69) is 9.80 Å². The molecular formula is C40H32N4O4. The molecule has 0 amide bonds. The standard InChI is InChI=1S/2C20H16N2O2/c2*1-13-11-20(24)18(12-19(13)23)22-16-9-5-3-7-14(16)21(2)15-8-4-6-10-17(15)22/h2*3-12H,1-2H3. The van der Waals surface area contributed by atoms with E-state index in [-0.39, 0.29) is 23.1 Å². The fraction of sp³-hybridized carbons (Fsp3) is 0.100. The van der Waals surface area contributed by atoms with E-state index in [0.29, 0.717) is 22.5 Å². The molecule has 0 bridgehead atoms. The fourth-order valence-corrected chi connectivity index (χ4v) is 6.44. The monoisotopic (exact) mass is 632 g/mol. The van der Waals surface area contributed by atoms with Crippen LogP contribution in [0.25, 0.3) is 0 Å². The lowest BCUT2D eigenvalue weighted by molar-refractivity contribution is -0.115. The van der Waals surface area contributed by atoms with Gasteiger partial charge >= 0.3 is 0 Å². The Labute approximate surface area is 278 Å². The molecule has 8 rings (SSSR count). The van der Waals surface area contributed by atoms with Crippen molar-refractivity contribution in [1.29, 1.82) is 0 Å². The predicted octanol–water partition coefficient (Wildman–Crippen LogP) is 7.78. The summed E-state index contributed by atoms with van der Waals surface area (Å²) in [6.45, 7) is 3.33. The topological polar surface area (TPSA) is 81.2 Å². The number of rotatable bonds is 2. The maximum Gasteiger partial charge on any atom is 0.203 e. The van der Waals surface area contributed by atoms with Gasteiger partial charge in [0.15, 0.2) is 11.6 Å². The molecule has 0 saturated heterocycles. The Morgan fingerprint density at radius 1 is 0.354 bits per heavy atom. The zero-order chi connectivity index (χ0) is 33.7. The highest BCUT2D eigenvalue weighted by molar-refractivity contribution is 6.23. The predicted molar refractivity (Wildman–Crippen MR) is 190 cm³/mol. The van der Waals surface area contributed by atoms with E-state index in [4.69, 9.17) is 0 Å². The summed E-state index contributed by atoms with van der Waals surface area (Å²) in [5, 5.41) is 0. The van der Waals surface area contributed by atoms with Crippen LogP contribution in [-0.2, 0) is 19.2 Å². The Morgan fingerprint density at radius 2 is 0.604 bits per heavy atom. The van der Waals surface area contributed by atoms with Crippen LogP contribution in [0.15, 0.2) is 144 Å². The fourth-order valence-electron chi connectivity index (χ4n) is 6.44. The third-order valence-corrected chi connectivity index (χ3v) is 8.93. The van der Waals surface area contributed by atoms with E-state index in [0.717, 1.165) is 45.5 Å². The van der Waals surface area contributed by atoms with Gasteiger partial charge in [-0.15, -0.1) is 0 Å². The number of nitrogens with zero attached hydrogens (tertiary/aromatic N) is 4. The van der Waals surface area contributed by atoms with Crippen LogP contribution in [0, 0.1) is 0 Å². The highest BCUT2D eigenvalue weighted by atomic mass is 16.1. The molecule has 48 heavy (non-hydrogen) atoms. The first-order chi connectivity index (χ1) is 23.2. The molecule has 0 saturated carbocycles. The molecule has 0 spiro atoms. The Hall–Kier alpha value is -6.28. The summed E-state index contributed by atoms with van der Waals surface area (Å²) in [5.74, 6) is -0.556. The van der Waals surface area contributed by atoms with Crippen LogP contribution in [0.5, 0.6) is 0 Å². The summed E-state index contributed by atoms with van der Waals surface area (Å²) in [6.07, 6.45) is 5.72. The summed E-state index contributed by atoms with van der Waals surface area (Å²) in [6, 6.07) is 31.5. The minimum absolute atomic E-state index is 0.126. The molecule has 8 heteroatoms.